The summed E-state index contributed by atoms with van der Waals surface area (Å²) >= 11 is 0. The second kappa shape index (κ2) is 4.77. The van der Waals surface area contributed by atoms with Crippen molar-refractivity contribution in [1.29, 1.82) is 5.26 Å². The Morgan fingerprint density at radius 2 is 2.36 bits per heavy atom. The molecule has 0 amide bonds. The molecule has 2 atom stereocenters. The first kappa shape index (κ1) is 11.5. The van der Waals surface area contributed by atoms with Crippen LogP contribution in [0.3, 0.4) is 0 Å². The Balaban J connectivity index is 2.13. The van der Waals surface area contributed by atoms with Gasteiger partial charge in [-0.15, -0.1) is 0 Å². The highest BCUT2D eigenvalue weighted by molar-refractivity contribution is 5.00. The van der Waals surface area contributed by atoms with Crippen molar-refractivity contribution in [2.24, 2.45) is 11.7 Å². The summed E-state index contributed by atoms with van der Waals surface area (Å²) in [5.41, 5.74) is 5.11. The first-order chi connectivity index (χ1) is 6.53. The number of hydrogen-bond donors (Lipinski definition) is 1. The van der Waals surface area contributed by atoms with Gasteiger partial charge in [0, 0.05) is 6.54 Å². The van der Waals surface area contributed by atoms with Gasteiger partial charge in [0.15, 0.2) is 0 Å². The third kappa shape index (κ3) is 3.65. The third-order valence-corrected chi connectivity index (χ3v) is 2.93. The van der Waals surface area contributed by atoms with Gasteiger partial charge in [0.2, 0.25) is 0 Å². The Kier molecular flexibility index (Phi) is 3.91. The molecule has 1 rings (SSSR count). The van der Waals surface area contributed by atoms with E-state index < -0.39 is 5.54 Å². The summed E-state index contributed by atoms with van der Waals surface area (Å²) in [6, 6.07) is 2.13. The van der Waals surface area contributed by atoms with Crippen molar-refractivity contribution in [1.82, 2.24) is 4.90 Å². The number of nitrogens with two attached hydrogens (primary N) is 1. The Morgan fingerprint density at radius 1 is 1.64 bits per heavy atom. The summed E-state index contributed by atoms with van der Waals surface area (Å²) in [5, 5.41) is 8.74. The second-order valence-electron chi connectivity index (χ2n) is 4.83. The molecule has 80 valence electrons. The number of nitriles is 1. The Bertz CT molecular complexity index is 217. The van der Waals surface area contributed by atoms with Crippen LogP contribution in [0.15, 0.2) is 0 Å². The number of likely N-dealkylation sites (tertiary alicyclic amines) is 1. The van der Waals surface area contributed by atoms with E-state index in [4.69, 9.17) is 11.0 Å². The first-order valence-corrected chi connectivity index (χ1v) is 5.46. The molecule has 1 fully saturated rings. The first-order valence-electron chi connectivity index (χ1n) is 5.46. The van der Waals surface area contributed by atoms with Crippen LogP contribution in [0.5, 0.6) is 0 Å². The molecule has 1 saturated heterocycles. The molecule has 0 bridgehead atoms. The van der Waals surface area contributed by atoms with Crippen LogP contribution in [-0.4, -0.2) is 30.1 Å². The lowest BCUT2D eigenvalue weighted by Gasteiger charge is -2.19. The van der Waals surface area contributed by atoms with Crippen LogP contribution in [0.1, 0.15) is 33.1 Å². The fourth-order valence-corrected chi connectivity index (χ4v) is 1.96. The molecule has 0 spiro atoms. The molecule has 2 unspecified atom stereocenters. The topological polar surface area (TPSA) is 53.0 Å². The molecule has 1 heterocycles. The van der Waals surface area contributed by atoms with Gasteiger partial charge in [-0.3, -0.25) is 0 Å². The fraction of sp³-hybridized carbons (Fsp3) is 0.909. The minimum Gasteiger partial charge on any atom is -0.314 e. The van der Waals surface area contributed by atoms with E-state index in [1.807, 2.05) is 0 Å². The monoisotopic (exact) mass is 195 g/mol. The maximum atomic E-state index is 8.74. The molecule has 0 aromatic rings. The summed E-state index contributed by atoms with van der Waals surface area (Å²) in [5.74, 6) is 0.843. The van der Waals surface area contributed by atoms with E-state index in [0.717, 1.165) is 25.3 Å². The number of rotatable bonds is 4. The van der Waals surface area contributed by atoms with Gasteiger partial charge in [0.25, 0.3) is 0 Å². The second-order valence-corrected chi connectivity index (χ2v) is 4.83. The van der Waals surface area contributed by atoms with Crippen molar-refractivity contribution >= 4 is 0 Å². The van der Waals surface area contributed by atoms with E-state index in [1.54, 1.807) is 6.92 Å². The average Bonchev–Trinajstić information content (AvgIpc) is 2.51. The Hall–Kier alpha value is -0.590. The SMILES string of the molecule is CC1CCN(CCCC(C)(N)C#N)C1. The molecule has 14 heavy (non-hydrogen) atoms. The zero-order chi connectivity index (χ0) is 10.6. The molecule has 2 N–H and O–H groups in total. The molecule has 1 aliphatic rings. The number of hydrogen-bond acceptors (Lipinski definition) is 3. The maximum Gasteiger partial charge on any atom is 0.101 e. The molecule has 0 aromatic carbocycles. The molecule has 1 aliphatic heterocycles. The standard InChI is InChI=1S/C11H21N3/c1-10-4-7-14(8-10)6-3-5-11(2,13)9-12/h10H,3-8,13H2,1-2H3. The zero-order valence-electron chi connectivity index (χ0n) is 9.29. The van der Waals surface area contributed by atoms with E-state index in [1.165, 1.54) is 19.5 Å². The van der Waals surface area contributed by atoms with Gasteiger partial charge in [-0.05, 0) is 45.2 Å². The fourth-order valence-electron chi connectivity index (χ4n) is 1.96. The van der Waals surface area contributed by atoms with Crippen LogP contribution < -0.4 is 5.73 Å². The highest BCUT2D eigenvalue weighted by Gasteiger charge is 2.20. The van der Waals surface area contributed by atoms with Gasteiger partial charge >= 0.3 is 0 Å². The minimum atomic E-state index is -0.634. The largest absolute Gasteiger partial charge is 0.314 e. The van der Waals surface area contributed by atoms with Crippen LogP contribution in [0, 0.1) is 17.2 Å². The van der Waals surface area contributed by atoms with Gasteiger partial charge < -0.3 is 10.6 Å². The van der Waals surface area contributed by atoms with Crippen molar-refractivity contribution in [2.75, 3.05) is 19.6 Å². The lowest BCUT2D eigenvalue weighted by Crippen LogP contribution is -2.35. The normalized spacial score (nSPS) is 27.1. The van der Waals surface area contributed by atoms with Crippen molar-refractivity contribution in [2.45, 2.75) is 38.6 Å². The zero-order valence-corrected chi connectivity index (χ0v) is 9.29. The van der Waals surface area contributed by atoms with Crippen LogP contribution in [0.2, 0.25) is 0 Å². The molecule has 3 heteroatoms. The number of nitrogens with zero attached hydrogens (tertiary/aromatic N) is 2. The van der Waals surface area contributed by atoms with Crippen molar-refractivity contribution in [3.8, 4) is 6.07 Å². The smallest absolute Gasteiger partial charge is 0.101 e. The summed E-state index contributed by atoms with van der Waals surface area (Å²) in [6.45, 7) is 7.63. The lowest BCUT2D eigenvalue weighted by atomic mass is 9.99. The average molecular weight is 195 g/mol. The Morgan fingerprint density at radius 3 is 2.86 bits per heavy atom. The highest BCUT2D eigenvalue weighted by atomic mass is 15.1. The summed E-state index contributed by atoms with van der Waals surface area (Å²) in [7, 11) is 0. The summed E-state index contributed by atoms with van der Waals surface area (Å²) in [4.78, 5) is 2.47. The van der Waals surface area contributed by atoms with E-state index in [-0.39, 0.29) is 0 Å². The minimum absolute atomic E-state index is 0.634. The van der Waals surface area contributed by atoms with E-state index in [2.05, 4.69) is 17.9 Å². The molecular formula is C11H21N3. The van der Waals surface area contributed by atoms with Crippen molar-refractivity contribution < 1.29 is 0 Å². The van der Waals surface area contributed by atoms with Crippen LogP contribution in [0.4, 0.5) is 0 Å². The molecular weight excluding hydrogens is 174 g/mol. The molecule has 3 nitrogen and oxygen atoms in total. The van der Waals surface area contributed by atoms with E-state index in [9.17, 15) is 0 Å². The highest BCUT2D eigenvalue weighted by Crippen LogP contribution is 2.16. The van der Waals surface area contributed by atoms with Crippen LogP contribution in [0.25, 0.3) is 0 Å². The summed E-state index contributed by atoms with van der Waals surface area (Å²) < 4.78 is 0. The molecule has 0 saturated carbocycles. The predicted octanol–water partition coefficient (Wildman–Crippen LogP) is 1.35. The maximum absolute atomic E-state index is 8.74. The van der Waals surface area contributed by atoms with Gasteiger partial charge in [-0.25, -0.2) is 0 Å². The van der Waals surface area contributed by atoms with Gasteiger partial charge in [-0.2, -0.15) is 5.26 Å². The Labute approximate surface area is 86.9 Å². The van der Waals surface area contributed by atoms with Gasteiger partial charge in [0.1, 0.15) is 5.54 Å². The van der Waals surface area contributed by atoms with Crippen LogP contribution >= 0.6 is 0 Å². The van der Waals surface area contributed by atoms with Crippen LogP contribution in [-0.2, 0) is 0 Å². The summed E-state index contributed by atoms with van der Waals surface area (Å²) in [6.07, 6.45) is 3.15. The van der Waals surface area contributed by atoms with Gasteiger partial charge in [0.05, 0.1) is 6.07 Å². The third-order valence-electron chi connectivity index (χ3n) is 2.93. The lowest BCUT2D eigenvalue weighted by molar-refractivity contribution is 0.310. The predicted molar refractivity (Wildman–Crippen MR) is 57.7 cm³/mol. The van der Waals surface area contributed by atoms with Crippen molar-refractivity contribution in [3.05, 3.63) is 0 Å². The molecule has 0 radical (unpaired) electrons. The molecule has 0 aromatic heterocycles. The van der Waals surface area contributed by atoms with E-state index >= 15 is 0 Å². The van der Waals surface area contributed by atoms with Crippen molar-refractivity contribution in [3.63, 3.8) is 0 Å². The van der Waals surface area contributed by atoms with E-state index in [0.29, 0.717) is 0 Å². The quantitative estimate of drug-likeness (QED) is 0.736. The molecule has 0 aliphatic carbocycles. The van der Waals surface area contributed by atoms with Gasteiger partial charge in [-0.1, -0.05) is 6.92 Å².